The molecule has 0 aromatic carbocycles. The van der Waals surface area contributed by atoms with Gasteiger partial charge in [0.1, 0.15) is 6.29 Å². The fraction of sp³-hybridized carbons (Fsp3) is 0. The monoisotopic (exact) mass is 114 g/mol. The molecule has 0 atom stereocenters. The van der Waals surface area contributed by atoms with Crippen molar-refractivity contribution in [1.82, 2.24) is 0 Å². The highest BCUT2D eigenvalue weighted by Gasteiger charge is 1.55. The van der Waals surface area contributed by atoms with Crippen molar-refractivity contribution >= 4 is 17.9 Å². The Morgan fingerprint density at radius 1 is 1.57 bits per heavy atom. The fourth-order valence-electron chi connectivity index (χ4n) is 0.119. The van der Waals surface area contributed by atoms with E-state index in [1.165, 1.54) is 12.2 Å². The molecule has 0 bridgehead atoms. The molecule has 1 nitrogen and oxygen atoms in total. The highest BCUT2D eigenvalue weighted by molar-refractivity contribution is 6.30. The van der Waals surface area contributed by atoms with Crippen molar-refractivity contribution in [1.29, 1.82) is 0 Å². The molecule has 0 aliphatic heterocycles. The Bertz CT molecular complexity index is 127. The van der Waals surface area contributed by atoms with Crippen LogP contribution in [0.2, 0.25) is 0 Å². The maximum absolute atomic E-state index is 9.48. The second-order valence-corrected chi connectivity index (χ2v) is 0.923. The van der Waals surface area contributed by atoms with Crippen LogP contribution >= 0.6 is 11.6 Å². The SMILES string of the molecule is O=C/C=C\C#CCl. The first kappa shape index (κ1) is 6.26. The zero-order valence-corrected chi connectivity index (χ0v) is 4.27. The topological polar surface area (TPSA) is 17.1 Å². The molecule has 0 spiro atoms. The molecule has 0 rings (SSSR count). The Labute approximate surface area is 47.0 Å². The van der Waals surface area contributed by atoms with Crippen LogP contribution < -0.4 is 0 Å². The van der Waals surface area contributed by atoms with E-state index in [1.807, 2.05) is 0 Å². The summed E-state index contributed by atoms with van der Waals surface area (Å²) >= 11 is 4.91. The molecule has 0 N–H and O–H groups in total. The second kappa shape index (κ2) is 5.26. The molecule has 7 heavy (non-hydrogen) atoms. The van der Waals surface area contributed by atoms with Crippen LogP contribution in [0.5, 0.6) is 0 Å². The molecule has 0 aromatic rings. The highest BCUT2D eigenvalue weighted by Crippen LogP contribution is 1.65. The molecule has 0 saturated heterocycles. The van der Waals surface area contributed by atoms with Gasteiger partial charge < -0.3 is 0 Å². The lowest BCUT2D eigenvalue weighted by Gasteiger charge is -1.55. The molecule has 0 fully saturated rings. The van der Waals surface area contributed by atoms with Crippen LogP contribution in [0.4, 0.5) is 0 Å². The quantitative estimate of drug-likeness (QED) is 0.282. The lowest BCUT2D eigenvalue weighted by atomic mass is 10.5. The number of allylic oxidation sites excluding steroid dienone is 2. The molecule has 0 heterocycles. The number of halogens is 1. The van der Waals surface area contributed by atoms with Crippen LogP contribution in [0.25, 0.3) is 0 Å². The van der Waals surface area contributed by atoms with Crippen molar-refractivity contribution in [2.24, 2.45) is 0 Å². The molecule has 0 amide bonds. The summed E-state index contributed by atoms with van der Waals surface area (Å²) in [6.07, 6.45) is 3.29. The Hall–Kier alpha value is -0.740. The molecule has 2 heteroatoms. The van der Waals surface area contributed by atoms with E-state index < -0.39 is 0 Å². The van der Waals surface area contributed by atoms with E-state index in [9.17, 15) is 4.79 Å². The third-order valence-corrected chi connectivity index (χ3v) is 0.422. The van der Waals surface area contributed by atoms with E-state index >= 15 is 0 Å². The molecule has 0 unspecified atom stereocenters. The van der Waals surface area contributed by atoms with E-state index in [0.717, 1.165) is 0 Å². The van der Waals surface area contributed by atoms with Gasteiger partial charge in [0.25, 0.3) is 0 Å². The molecule has 0 saturated carbocycles. The Kier molecular flexibility index (Phi) is 4.70. The molecule has 36 valence electrons. The summed E-state index contributed by atoms with van der Waals surface area (Å²) in [6.45, 7) is 0. The van der Waals surface area contributed by atoms with Crippen LogP contribution in [-0.2, 0) is 4.79 Å². The average Bonchev–Trinajstić information content (AvgIpc) is 1.69. The summed E-state index contributed by atoms with van der Waals surface area (Å²) in [6, 6.07) is 0. The van der Waals surface area contributed by atoms with Crippen molar-refractivity contribution in [3.05, 3.63) is 12.2 Å². The normalized spacial score (nSPS) is 7.57. The predicted octanol–water partition coefficient (Wildman–Crippen LogP) is 0.941. The van der Waals surface area contributed by atoms with Gasteiger partial charge in [-0.1, -0.05) is 5.92 Å². The van der Waals surface area contributed by atoms with E-state index in [-0.39, 0.29) is 0 Å². The molecule has 0 aromatic heterocycles. The van der Waals surface area contributed by atoms with Crippen LogP contribution in [0, 0.1) is 11.3 Å². The van der Waals surface area contributed by atoms with Crippen molar-refractivity contribution in [2.75, 3.05) is 0 Å². The van der Waals surface area contributed by atoms with E-state index in [4.69, 9.17) is 11.6 Å². The van der Waals surface area contributed by atoms with Gasteiger partial charge >= 0.3 is 0 Å². The van der Waals surface area contributed by atoms with Gasteiger partial charge in [0.15, 0.2) is 0 Å². The zero-order valence-electron chi connectivity index (χ0n) is 3.52. The van der Waals surface area contributed by atoms with Gasteiger partial charge in [0.05, 0.1) is 0 Å². The summed E-state index contributed by atoms with van der Waals surface area (Å²) in [5, 5.41) is 2.08. The number of carbonyl (C=O) groups is 1. The van der Waals surface area contributed by atoms with Crippen molar-refractivity contribution < 1.29 is 4.79 Å². The van der Waals surface area contributed by atoms with E-state index in [0.29, 0.717) is 6.29 Å². The van der Waals surface area contributed by atoms with Crippen molar-refractivity contribution in [2.45, 2.75) is 0 Å². The van der Waals surface area contributed by atoms with Gasteiger partial charge in [0, 0.05) is 5.38 Å². The van der Waals surface area contributed by atoms with E-state index in [2.05, 4.69) is 11.3 Å². The lowest BCUT2D eigenvalue weighted by molar-refractivity contribution is -0.104. The zero-order chi connectivity index (χ0) is 5.54. The minimum atomic E-state index is 0.640. The number of hydrogen-bond acceptors (Lipinski definition) is 1. The number of hydrogen-bond donors (Lipinski definition) is 0. The number of aldehydes is 1. The molecular weight excluding hydrogens is 112 g/mol. The van der Waals surface area contributed by atoms with Gasteiger partial charge in [-0.3, -0.25) is 4.79 Å². The molecule has 0 aliphatic carbocycles. The third kappa shape index (κ3) is 5.26. The van der Waals surface area contributed by atoms with Gasteiger partial charge in [-0.15, -0.1) is 0 Å². The van der Waals surface area contributed by atoms with Gasteiger partial charge in [-0.25, -0.2) is 0 Å². The Balaban J connectivity index is 3.40. The van der Waals surface area contributed by atoms with Gasteiger partial charge in [0.2, 0.25) is 0 Å². The highest BCUT2D eigenvalue weighted by atomic mass is 35.5. The summed E-state index contributed by atoms with van der Waals surface area (Å²) in [5.74, 6) is 2.35. The minimum absolute atomic E-state index is 0.640. The molecule has 0 aliphatic rings. The molecule has 0 radical (unpaired) electrons. The van der Waals surface area contributed by atoms with Crippen molar-refractivity contribution in [3.63, 3.8) is 0 Å². The summed E-state index contributed by atoms with van der Waals surface area (Å²) in [5.41, 5.74) is 0. The lowest BCUT2D eigenvalue weighted by Crippen LogP contribution is -1.53. The van der Waals surface area contributed by atoms with Crippen LogP contribution in [-0.4, -0.2) is 6.29 Å². The van der Waals surface area contributed by atoms with Crippen molar-refractivity contribution in [3.8, 4) is 11.3 Å². The summed E-state index contributed by atoms with van der Waals surface area (Å²) in [4.78, 5) is 9.48. The standard InChI is InChI=1S/C5H3ClO/c6-4-2-1-3-5-7/h1,3,5H/b3-1-. The fourth-order valence-corrected chi connectivity index (χ4v) is 0.182. The molecular formula is C5H3ClO. The minimum Gasteiger partial charge on any atom is -0.299 e. The summed E-state index contributed by atoms with van der Waals surface area (Å²) in [7, 11) is 0. The van der Waals surface area contributed by atoms with Gasteiger partial charge in [-0.05, 0) is 23.8 Å². The van der Waals surface area contributed by atoms with Crippen LogP contribution in [0.3, 0.4) is 0 Å². The maximum Gasteiger partial charge on any atom is 0.143 e. The second-order valence-electron chi connectivity index (χ2n) is 0.734. The van der Waals surface area contributed by atoms with Crippen LogP contribution in [0.15, 0.2) is 12.2 Å². The third-order valence-electron chi connectivity index (χ3n) is 0.313. The maximum atomic E-state index is 9.48. The van der Waals surface area contributed by atoms with Crippen LogP contribution in [0.1, 0.15) is 0 Å². The number of carbonyl (C=O) groups excluding carboxylic acids is 1. The Morgan fingerprint density at radius 3 is 2.71 bits per heavy atom. The first-order valence-corrected chi connectivity index (χ1v) is 2.01. The van der Waals surface area contributed by atoms with E-state index in [1.54, 1.807) is 0 Å². The Morgan fingerprint density at radius 2 is 2.29 bits per heavy atom. The smallest absolute Gasteiger partial charge is 0.143 e. The largest absolute Gasteiger partial charge is 0.299 e. The van der Waals surface area contributed by atoms with Gasteiger partial charge in [-0.2, -0.15) is 0 Å². The predicted molar refractivity (Wildman–Crippen MR) is 28.8 cm³/mol. The summed E-state index contributed by atoms with van der Waals surface area (Å²) < 4.78 is 0. The average molecular weight is 115 g/mol. The first-order valence-electron chi connectivity index (χ1n) is 1.63. The number of rotatable bonds is 1. The first-order chi connectivity index (χ1) is 3.41.